The van der Waals surface area contributed by atoms with Gasteiger partial charge in [0.15, 0.2) is 0 Å². The fourth-order valence-electron chi connectivity index (χ4n) is 3.12. The molecule has 0 spiro atoms. The van der Waals surface area contributed by atoms with Gasteiger partial charge in [-0.05, 0) is 48.7 Å². The Hall–Kier alpha value is -2.56. The first-order chi connectivity index (χ1) is 11.3. The number of nitrogens with zero attached hydrogens (tertiary/aromatic N) is 2. The van der Waals surface area contributed by atoms with Gasteiger partial charge in [0.05, 0.1) is 18.5 Å². The van der Waals surface area contributed by atoms with E-state index in [-0.39, 0.29) is 5.91 Å². The summed E-state index contributed by atoms with van der Waals surface area (Å²) in [4.78, 5) is 19.1. The minimum atomic E-state index is -0.115. The van der Waals surface area contributed by atoms with Crippen LogP contribution in [0.5, 0.6) is 5.75 Å². The van der Waals surface area contributed by atoms with Crippen molar-refractivity contribution in [3.8, 4) is 5.75 Å². The highest BCUT2D eigenvalue weighted by Gasteiger charge is 2.16. The van der Waals surface area contributed by atoms with Crippen molar-refractivity contribution in [3.63, 3.8) is 0 Å². The molecule has 0 unspecified atom stereocenters. The molecule has 2 aliphatic rings. The van der Waals surface area contributed by atoms with Crippen molar-refractivity contribution >= 4 is 17.4 Å². The predicted molar refractivity (Wildman–Crippen MR) is 89.3 cm³/mol. The van der Waals surface area contributed by atoms with Crippen LogP contribution in [0.15, 0.2) is 36.5 Å². The second-order valence-electron chi connectivity index (χ2n) is 5.97. The Kier molecular flexibility index (Phi) is 3.61. The maximum absolute atomic E-state index is 12.4. The Morgan fingerprint density at radius 2 is 2.04 bits per heavy atom. The number of anilines is 2. The second kappa shape index (κ2) is 5.91. The lowest BCUT2D eigenvalue weighted by molar-refractivity contribution is 0.102. The van der Waals surface area contributed by atoms with Gasteiger partial charge in [0.1, 0.15) is 11.6 Å². The summed E-state index contributed by atoms with van der Waals surface area (Å²) in [6.45, 7) is 2.83. The zero-order chi connectivity index (χ0) is 15.6. The Morgan fingerprint density at radius 3 is 2.83 bits per heavy atom. The number of aromatic nitrogens is 1. The van der Waals surface area contributed by atoms with Crippen LogP contribution in [-0.4, -0.2) is 30.6 Å². The normalized spacial score (nSPS) is 16.1. The molecule has 1 amide bonds. The van der Waals surface area contributed by atoms with Gasteiger partial charge >= 0.3 is 0 Å². The first kappa shape index (κ1) is 14.1. The lowest BCUT2D eigenvalue weighted by Gasteiger charge is -2.16. The highest BCUT2D eigenvalue weighted by atomic mass is 16.5. The van der Waals surface area contributed by atoms with E-state index in [1.807, 2.05) is 24.3 Å². The van der Waals surface area contributed by atoms with Crippen LogP contribution < -0.4 is 15.0 Å². The molecule has 2 aromatic rings. The standard InChI is InChI=1S/C18H19N3O2/c22-18(14-3-5-16-13(11-14)7-10-23-16)20-15-4-6-17(19-12-15)21-8-1-2-9-21/h3-6,11-12H,1-2,7-10H2,(H,20,22). The Labute approximate surface area is 135 Å². The molecule has 0 radical (unpaired) electrons. The van der Waals surface area contributed by atoms with Crippen molar-refractivity contribution in [2.45, 2.75) is 19.3 Å². The molecule has 23 heavy (non-hydrogen) atoms. The minimum Gasteiger partial charge on any atom is -0.493 e. The van der Waals surface area contributed by atoms with Gasteiger partial charge in [0, 0.05) is 25.1 Å². The third-order valence-electron chi connectivity index (χ3n) is 4.39. The second-order valence-corrected chi connectivity index (χ2v) is 5.97. The van der Waals surface area contributed by atoms with Crippen molar-refractivity contribution in [2.75, 3.05) is 29.9 Å². The Bertz CT molecular complexity index is 722. The van der Waals surface area contributed by atoms with E-state index in [1.165, 1.54) is 12.8 Å². The number of ether oxygens (including phenoxy) is 1. The molecule has 1 saturated heterocycles. The number of fused-ring (bicyclic) bond motifs is 1. The van der Waals surface area contributed by atoms with Gasteiger partial charge in [-0.2, -0.15) is 0 Å². The van der Waals surface area contributed by atoms with Crippen molar-refractivity contribution < 1.29 is 9.53 Å². The highest BCUT2D eigenvalue weighted by Crippen LogP contribution is 2.26. The molecule has 1 aromatic carbocycles. The van der Waals surface area contributed by atoms with Gasteiger partial charge in [-0.15, -0.1) is 0 Å². The number of hydrogen-bond donors (Lipinski definition) is 1. The summed E-state index contributed by atoms with van der Waals surface area (Å²) < 4.78 is 5.47. The van der Waals surface area contributed by atoms with Crippen molar-refractivity contribution in [3.05, 3.63) is 47.7 Å². The van der Waals surface area contributed by atoms with E-state index in [0.29, 0.717) is 12.2 Å². The maximum atomic E-state index is 12.4. The van der Waals surface area contributed by atoms with Gasteiger partial charge in [-0.1, -0.05) is 0 Å². The van der Waals surface area contributed by atoms with Gasteiger partial charge in [-0.3, -0.25) is 4.79 Å². The lowest BCUT2D eigenvalue weighted by Crippen LogP contribution is -2.19. The average Bonchev–Trinajstić information content (AvgIpc) is 3.26. The highest BCUT2D eigenvalue weighted by molar-refractivity contribution is 6.04. The molecule has 2 aliphatic heterocycles. The van der Waals surface area contributed by atoms with Crippen LogP contribution in [0.25, 0.3) is 0 Å². The number of benzene rings is 1. The van der Waals surface area contributed by atoms with Crippen LogP contribution in [0.1, 0.15) is 28.8 Å². The van der Waals surface area contributed by atoms with Crippen LogP contribution in [0.4, 0.5) is 11.5 Å². The van der Waals surface area contributed by atoms with Crippen LogP contribution >= 0.6 is 0 Å². The summed E-state index contributed by atoms with van der Waals surface area (Å²) in [5, 5.41) is 2.91. The van der Waals surface area contributed by atoms with Crippen LogP contribution in [0.3, 0.4) is 0 Å². The summed E-state index contributed by atoms with van der Waals surface area (Å²) in [5.74, 6) is 1.75. The molecule has 1 N–H and O–H groups in total. The van der Waals surface area contributed by atoms with Crippen molar-refractivity contribution in [1.29, 1.82) is 0 Å². The quantitative estimate of drug-likeness (QED) is 0.947. The molecule has 5 nitrogen and oxygen atoms in total. The number of nitrogens with one attached hydrogen (secondary N) is 1. The van der Waals surface area contributed by atoms with Gasteiger partial charge in [0.25, 0.3) is 5.91 Å². The molecule has 4 rings (SSSR count). The van der Waals surface area contributed by atoms with Crippen LogP contribution in [0.2, 0.25) is 0 Å². The van der Waals surface area contributed by atoms with Crippen molar-refractivity contribution in [2.24, 2.45) is 0 Å². The number of carbonyl (C=O) groups is 1. The summed E-state index contributed by atoms with van der Waals surface area (Å²) in [6, 6.07) is 9.45. The topological polar surface area (TPSA) is 54.5 Å². The minimum absolute atomic E-state index is 0.115. The van der Waals surface area contributed by atoms with E-state index < -0.39 is 0 Å². The number of rotatable bonds is 3. The van der Waals surface area contributed by atoms with E-state index in [2.05, 4.69) is 15.2 Å². The van der Waals surface area contributed by atoms with E-state index in [0.717, 1.165) is 42.3 Å². The van der Waals surface area contributed by atoms with Crippen LogP contribution in [-0.2, 0) is 6.42 Å². The number of hydrogen-bond acceptors (Lipinski definition) is 4. The Morgan fingerprint density at radius 1 is 1.17 bits per heavy atom. The third-order valence-corrected chi connectivity index (χ3v) is 4.39. The molecular formula is C18H19N3O2. The van der Waals surface area contributed by atoms with E-state index in [1.54, 1.807) is 12.3 Å². The smallest absolute Gasteiger partial charge is 0.255 e. The molecule has 118 valence electrons. The summed E-state index contributed by atoms with van der Waals surface area (Å²) in [5.41, 5.74) is 2.47. The van der Waals surface area contributed by atoms with Gasteiger partial charge < -0.3 is 15.0 Å². The maximum Gasteiger partial charge on any atom is 0.255 e. The SMILES string of the molecule is O=C(Nc1ccc(N2CCCC2)nc1)c1ccc2c(c1)CCO2. The van der Waals surface area contributed by atoms with Crippen LogP contribution in [0, 0.1) is 0 Å². The number of pyridine rings is 1. The molecule has 0 bridgehead atoms. The molecule has 0 saturated carbocycles. The molecule has 1 fully saturated rings. The fourth-order valence-corrected chi connectivity index (χ4v) is 3.12. The molecule has 3 heterocycles. The molecule has 5 heteroatoms. The largest absolute Gasteiger partial charge is 0.493 e. The lowest BCUT2D eigenvalue weighted by atomic mass is 10.1. The van der Waals surface area contributed by atoms with E-state index in [4.69, 9.17) is 4.74 Å². The summed E-state index contributed by atoms with van der Waals surface area (Å²) in [6.07, 6.45) is 5.04. The molecule has 1 aromatic heterocycles. The summed E-state index contributed by atoms with van der Waals surface area (Å²) in [7, 11) is 0. The third kappa shape index (κ3) is 2.86. The van der Waals surface area contributed by atoms with E-state index >= 15 is 0 Å². The van der Waals surface area contributed by atoms with Gasteiger partial charge in [-0.25, -0.2) is 4.98 Å². The zero-order valence-electron chi connectivity index (χ0n) is 12.9. The molecule has 0 atom stereocenters. The zero-order valence-corrected chi connectivity index (χ0v) is 12.9. The first-order valence-corrected chi connectivity index (χ1v) is 8.08. The monoisotopic (exact) mass is 309 g/mol. The van der Waals surface area contributed by atoms with Gasteiger partial charge in [0.2, 0.25) is 0 Å². The fraction of sp³-hybridized carbons (Fsp3) is 0.333. The van der Waals surface area contributed by atoms with E-state index in [9.17, 15) is 4.79 Å². The van der Waals surface area contributed by atoms with Crippen molar-refractivity contribution in [1.82, 2.24) is 4.98 Å². The first-order valence-electron chi connectivity index (χ1n) is 8.08. The number of amides is 1. The average molecular weight is 309 g/mol. The molecular weight excluding hydrogens is 290 g/mol. The molecule has 0 aliphatic carbocycles. The summed E-state index contributed by atoms with van der Waals surface area (Å²) >= 11 is 0. The number of carbonyl (C=O) groups excluding carboxylic acids is 1. The Balaban J connectivity index is 1.46. The predicted octanol–water partition coefficient (Wildman–Crippen LogP) is 2.87.